The van der Waals surface area contributed by atoms with Crippen molar-refractivity contribution in [2.75, 3.05) is 0 Å². The molecule has 0 aliphatic heterocycles. The topological polar surface area (TPSA) is 68.0 Å². The van der Waals surface area contributed by atoms with E-state index >= 15 is 0 Å². The van der Waals surface area contributed by atoms with Crippen LogP contribution in [0.25, 0.3) is 11.0 Å². The lowest BCUT2D eigenvalue weighted by atomic mass is 10.1. The number of aromatic carboxylic acids is 1. The van der Waals surface area contributed by atoms with Gasteiger partial charge in [0.25, 0.3) is 0 Å². The Morgan fingerprint density at radius 2 is 2.24 bits per heavy atom. The van der Waals surface area contributed by atoms with Crippen LogP contribution in [-0.2, 0) is 6.54 Å². The van der Waals surface area contributed by atoms with Crippen molar-refractivity contribution in [2.45, 2.75) is 26.8 Å². The number of rotatable bonds is 4. The molecule has 0 aliphatic carbocycles. The van der Waals surface area contributed by atoms with Gasteiger partial charge in [-0.25, -0.2) is 14.5 Å². The monoisotopic (exact) mass is 233 g/mol. The molecule has 0 unspecified atom stereocenters. The van der Waals surface area contributed by atoms with E-state index in [2.05, 4.69) is 23.9 Å². The van der Waals surface area contributed by atoms with Gasteiger partial charge in [0.15, 0.2) is 5.65 Å². The van der Waals surface area contributed by atoms with Crippen LogP contribution in [0.5, 0.6) is 0 Å². The number of fused-ring (bicyclic) bond motifs is 1. The summed E-state index contributed by atoms with van der Waals surface area (Å²) in [6.07, 6.45) is 4.06. The highest BCUT2D eigenvalue weighted by Crippen LogP contribution is 2.14. The van der Waals surface area contributed by atoms with Gasteiger partial charge < -0.3 is 5.11 Å². The molecule has 2 heterocycles. The molecule has 17 heavy (non-hydrogen) atoms. The minimum atomic E-state index is -0.964. The van der Waals surface area contributed by atoms with E-state index < -0.39 is 5.97 Å². The summed E-state index contributed by atoms with van der Waals surface area (Å²) in [7, 11) is 0. The van der Waals surface area contributed by atoms with Crippen LogP contribution >= 0.6 is 0 Å². The number of aryl methyl sites for hydroxylation is 1. The summed E-state index contributed by atoms with van der Waals surface area (Å²) in [6.45, 7) is 5.11. The van der Waals surface area contributed by atoms with Crippen molar-refractivity contribution in [1.82, 2.24) is 14.8 Å². The Kier molecular flexibility index (Phi) is 3.08. The van der Waals surface area contributed by atoms with Crippen LogP contribution < -0.4 is 0 Å². The number of pyridine rings is 1. The summed E-state index contributed by atoms with van der Waals surface area (Å²) in [4.78, 5) is 15.0. The summed E-state index contributed by atoms with van der Waals surface area (Å²) in [6, 6.07) is 1.60. The fourth-order valence-corrected chi connectivity index (χ4v) is 1.63. The Hall–Kier alpha value is -1.91. The van der Waals surface area contributed by atoms with Gasteiger partial charge in [0, 0.05) is 18.1 Å². The molecule has 0 bridgehead atoms. The molecule has 0 fully saturated rings. The highest BCUT2D eigenvalue weighted by Gasteiger charge is 2.09. The second-order valence-corrected chi connectivity index (χ2v) is 4.49. The van der Waals surface area contributed by atoms with Gasteiger partial charge in [-0.15, -0.1) is 0 Å². The van der Waals surface area contributed by atoms with Gasteiger partial charge in [0.2, 0.25) is 0 Å². The Bertz CT molecular complexity index is 546. The van der Waals surface area contributed by atoms with Crippen molar-refractivity contribution in [1.29, 1.82) is 0 Å². The third kappa shape index (κ3) is 2.43. The molecule has 0 spiro atoms. The summed E-state index contributed by atoms with van der Waals surface area (Å²) in [5.41, 5.74) is 0.941. The maximum Gasteiger partial charge on any atom is 0.337 e. The van der Waals surface area contributed by atoms with Gasteiger partial charge in [0.05, 0.1) is 11.8 Å². The van der Waals surface area contributed by atoms with E-state index in [-0.39, 0.29) is 5.56 Å². The molecule has 5 nitrogen and oxygen atoms in total. The van der Waals surface area contributed by atoms with E-state index in [1.807, 2.05) is 4.68 Å². The van der Waals surface area contributed by atoms with E-state index in [1.54, 1.807) is 12.3 Å². The standard InChI is InChI=1S/C12H15N3O2/c1-8(2)3-4-15-11-9(7-14-15)5-10(6-13-11)12(16)17/h5-8H,3-4H2,1-2H3,(H,16,17). The highest BCUT2D eigenvalue weighted by molar-refractivity contribution is 5.91. The molecule has 0 saturated heterocycles. The number of carboxylic acid groups (broad SMARTS) is 1. The fraction of sp³-hybridized carbons (Fsp3) is 0.417. The number of carboxylic acids is 1. The summed E-state index contributed by atoms with van der Waals surface area (Å²) >= 11 is 0. The molecule has 0 saturated carbocycles. The maximum atomic E-state index is 10.8. The van der Waals surface area contributed by atoms with Gasteiger partial charge >= 0.3 is 5.97 Å². The molecule has 0 aliphatic rings. The Balaban J connectivity index is 2.31. The summed E-state index contributed by atoms with van der Waals surface area (Å²) in [5.74, 6) is -0.359. The molecule has 0 radical (unpaired) electrons. The SMILES string of the molecule is CC(C)CCn1ncc2cc(C(=O)O)cnc21. The van der Waals surface area contributed by atoms with Crippen molar-refractivity contribution in [3.05, 3.63) is 24.0 Å². The molecule has 90 valence electrons. The van der Waals surface area contributed by atoms with E-state index in [0.717, 1.165) is 24.0 Å². The first kappa shape index (κ1) is 11.6. The van der Waals surface area contributed by atoms with Gasteiger partial charge in [-0.1, -0.05) is 13.8 Å². The van der Waals surface area contributed by atoms with Crippen LogP contribution in [0.15, 0.2) is 18.5 Å². The third-order valence-electron chi connectivity index (χ3n) is 2.64. The second kappa shape index (κ2) is 4.53. The highest BCUT2D eigenvalue weighted by atomic mass is 16.4. The van der Waals surface area contributed by atoms with Crippen molar-refractivity contribution < 1.29 is 9.90 Å². The van der Waals surface area contributed by atoms with Crippen LogP contribution in [0.1, 0.15) is 30.6 Å². The number of hydrogen-bond acceptors (Lipinski definition) is 3. The molecule has 0 atom stereocenters. The van der Waals surface area contributed by atoms with E-state index in [0.29, 0.717) is 5.92 Å². The van der Waals surface area contributed by atoms with Crippen LogP contribution in [-0.4, -0.2) is 25.8 Å². The minimum absolute atomic E-state index is 0.195. The Labute approximate surface area is 99.1 Å². The molecule has 5 heteroatoms. The van der Waals surface area contributed by atoms with Crippen molar-refractivity contribution in [2.24, 2.45) is 5.92 Å². The first-order valence-corrected chi connectivity index (χ1v) is 5.63. The van der Waals surface area contributed by atoms with Crippen molar-refractivity contribution in [3.8, 4) is 0 Å². The molecular weight excluding hydrogens is 218 g/mol. The van der Waals surface area contributed by atoms with Gasteiger partial charge in [-0.05, 0) is 18.4 Å². The first-order chi connectivity index (χ1) is 8.08. The van der Waals surface area contributed by atoms with Crippen LogP contribution in [0.4, 0.5) is 0 Å². The Morgan fingerprint density at radius 1 is 1.47 bits per heavy atom. The third-order valence-corrected chi connectivity index (χ3v) is 2.64. The van der Waals surface area contributed by atoms with Crippen molar-refractivity contribution in [3.63, 3.8) is 0 Å². The normalized spacial score (nSPS) is 11.2. The van der Waals surface area contributed by atoms with Gasteiger partial charge in [-0.3, -0.25) is 0 Å². The molecule has 0 amide bonds. The van der Waals surface area contributed by atoms with Crippen molar-refractivity contribution >= 4 is 17.0 Å². The van der Waals surface area contributed by atoms with Gasteiger partial charge in [-0.2, -0.15) is 5.10 Å². The predicted molar refractivity (Wildman–Crippen MR) is 63.9 cm³/mol. The number of nitrogens with zero attached hydrogens (tertiary/aromatic N) is 3. The predicted octanol–water partition coefficient (Wildman–Crippen LogP) is 2.18. The number of carbonyl (C=O) groups is 1. The lowest BCUT2D eigenvalue weighted by molar-refractivity contribution is 0.0696. The van der Waals surface area contributed by atoms with Gasteiger partial charge in [0.1, 0.15) is 0 Å². The summed E-state index contributed by atoms with van der Waals surface area (Å²) in [5, 5.41) is 13.9. The quantitative estimate of drug-likeness (QED) is 0.878. The first-order valence-electron chi connectivity index (χ1n) is 5.63. The zero-order valence-corrected chi connectivity index (χ0v) is 9.92. The average Bonchev–Trinajstić information content (AvgIpc) is 2.68. The van der Waals surface area contributed by atoms with Crippen LogP contribution in [0.2, 0.25) is 0 Å². The average molecular weight is 233 g/mol. The largest absolute Gasteiger partial charge is 0.478 e. The zero-order valence-electron chi connectivity index (χ0n) is 9.92. The molecule has 2 aromatic heterocycles. The zero-order chi connectivity index (χ0) is 12.4. The smallest absolute Gasteiger partial charge is 0.337 e. The maximum absolute atomic E-state index is 10.8. The van der Waals surface area contributed by atoms with Crippen LogP contribution in [0, 0.1) is 5.92 Å². The molecule has 2 aromatic rings. The lowest BCUT2D eigenvalue weighted by Crippen LogP contribution is -2.04. The molecule has 2 rings (SSSR count). The number of aromatic nitrogens is 3. The number of hydrogen-bond donors (Lipinski definition) is 1. The minimum Gasteiger partial charge on any atom is -0.478 e. The van der Waals surface area contributed by atoms with E-state index in [9.17, 15) is 4.79 Å². The second-order valence-electron chi connectivity index (χ2n) is 4.49. The lowest BCUT2D eigenvalue weighted by Gasteiger charge is -2.05. The molecular formula is C12H15N3O2. The van der Waals surface area contributed by atoms with Crippen LogP contribution in [0.3, 0.4) is 0 Å². The van der Waals surface area contributed by atoms with E-state index in [1.165, 1.54) is 6.20 Å². The molecule has 1 N–H and O–H groups in total. The fourth-order valence-electron chi connectivity index (χ4n) is 1.63. The summed E-state index contributed by atoms with van der Waals surface area (Å²) < 4.78 is 1.82. The Morgan fingerprint density at radius 3 is 2.88 bits per heavy atom. The molecule has 0 aromatic carbocycles. The van der Waals surface area contributed by atoms with E-state index in [4.69, 9.17) is 5.11 Å².